The van der Waals surface area contributed by atoms with Crippen molar-refractivity contribution >= 4 is 34.4 Å². The van der Waals surface area contributed by atoms with E-state index in [1.165, 1.54) is 27.5 Å². The van der Waals surface area contributed by atoms with Gasteiger partial charge in [0.15, 0.2) is 5.58 Å². The molecule has 2 aromatic heterocycles. The van der Waals surface area contributed by atoms with Crippen LogP contribution in [0.3, 0.4) is 0 Å². The van der Waals surface area contributed by atoms with E-state index in [-0.39, 0.29) is 5.56 Å². The number of oxazole rings is 1. The number of fused-ring (bicyclic) bond motifs is 1. The third-order valence-electron chi connectivity index (χ3n) is 3.27. The molecular weight excluding hydrogens is 288 g/mol. The van der Waals surface area contributed by atoms with Crippen molar-refractivity contribution in [2.45, 2.75) is 20.4 Å². The second kappa shape index (κ2) is 5.21. The number of carboxylic acid groups (broad SMARTS) is 1. The predicted molar refractivity (Wildman–Crippen MR) is 82.1 cm³/mol. The van der Waals surface area contributed by atoms with E-state index in [0.29, 0.717) is 23.7 Å². The Labute approximate surface area is 125 Å². The average molecular weight is 302 g/mol. The SMILES string of the molecule is Cc1cc(CNc2nc3ccc(C(=O)O)cc3o2)sc1C. The standard InChI is InChI=1S/C15H14N2O3S/c1-8-5-11(21-9(8)2)7-16-15-17-12-4-3-10(14(18)19)6-13(12)20-15/h3-6H,7H2,1-2H3,(H,16,17)(H,18,19). The van der Waals surface area contributed by atoms with E-state index in [9.17, 15) is 4.79 Å². The van der Waals surface area contributed by atoms with E-state index in [4.69, 9.17) is 9.52 Å². The van der Waals surface area contributed by atoms with Gasteiger partial charge >= 0.3 is 5.97 Å². The number of anilines is 1. The monoisotopic (exact) mass is 302 g/mol. The predicted octanol–water partition coefficient (Wildman–Crippen LogP) is 3.82. The van der Waals surface area contributed by atoms with Gasteiger partial charge in [0.05, 0.1) is 12.1 Å². The number of carbonyl (C=O) groups is 1. The van der Waals surface area contributed by atoms with Gasteiger partial charge < -0.3 is 14.8 Å². The second-order valence-electron chi connectivity index (χ2n) is 4.81. The molecule has 0 spiro atoms. The van der Waals surface area contributed by atoms with Gasteiger partial charge in [-0.05, 0) is 43.7 Å². The van der Waals surface area contributed by atoms with Crippen molar-refractivity contribution in [1.29, 1.82) is 0 Å². The fourth-order valence-corrected chi connectivity index (χ4v) is 3.03. The van der Waals surface area contributed by atoms with Crippen LogP contribution in [-0.4, -0.2) is 16.1 Å². The molecule has 21 heavy (non-hydrogen) atoms. The minimum absolute atomic E-state index is 0.190. The lowest BCUT2D eigenvalue weighted by atomic mass is 10.2. The molecule has 5 nitrogen and oxygen atoms in total. The summed E-state index contributed by atoms with van der Waals surface area (Å²) >= 11 is 1.74. The van der Waals surface area contributed by atoms with Crippen LogP contribution in [0.4, 0.5) is 6.01 Å². The first-order chi connectivity index (χ1) is 10.0. The van der Waals surface area contributed by atoms with E-state index >= 15 is 0 Å². The van der Waals surface area contributed by atoms with Gasteiger partial charge in [0.1, 0.15) is 5.52 Å². The highest BCUT2D eigenvalue weighted by Gasteiger charge is 2.10. The fourth-order valence-electron chi connectivity index (χ4n) is 2.03. The van der Waals surface area contributed by atoms with E-state index in [1.54, 1.807) is 17.4 Å². The van der Waals surface area contributed by atoms with Gasteiger partial charge in [-0.2, -0.15) is 4.98 Å². The second-order valence-corrected chi connectivity index (χ2v) is 6.15. The van der Waals surface area contributed by atoms with Gasteiger partial charge in [-0.25, -0.2) is 4.79 Å². The number of aromatic carboxylic acids is 1. The molecule has 0 aliphatic carbocycles. The van der Waals surface area contributed by atoms with Crippen LogP contribution in [0.2, 0.25) is 0 Å². The van der Waals surface area contributed by atoms with Crippen molar-refractivity contribution in [3.8, 4) is 0 Å². The number of carboxylic acids is 1. The molecule has 0 saturated heterocycles. The molecule has 108 valence electrons. The Bertz CT molecular complexity index is 800. The van der Waals surface area contributed by atoms with Gasteiger partial charge in [0.25, 0.3) is 6.01 Å². The van der Waals surface area contributed by atoms with Gasteiger partial charge in [0.2, 0.25) is 0 Å². The Hall–Kier alpha value is -2.34. The highest BCUT2D eigenvalue weighted by molar-refractivity contribution is 7.12. The van der Waals surface area contributed by atoms with Gasteiger partial charge in [0, 0.05) is 9.75 Å². The molecule has 3 aromatic rings. The Morgan fingerprint density at radius 1 is 1.38 bits per heavy atom. The molecule has 0 radical (unpaired) electrons. The first kappa shape index (κ1) is 13.6. The molecule has 0 atom stereocenters. The number of thiophene rings is 1. The third kappa shape index (κ3) is 2.75. The van der Waals surface area contributed by atoms with E-state index in [0.717, 1.165) is 0 Å². The number of hydrogen-bond acceptors (Lipinski definition) is 5. The van der Waals surface area contributed by atoms with Gasteiger partial charge in [-0.3, -0.25) is 0 Å². The Balaban J connectivity index is 1.79. The summed E-state index contributed by atoms with van der Waals surface area (Å²) in [6.45, 7) is 4.82. The van der Waals surface area contributed by atoms with Gasteiger partial charge in [-0.1, -0.05) is 0 Å². The fraction of sp³-hybridized carbons (Fsp3) is 0.200. The van der Waals surface area contributed by atoms with Crippen molar-refractivity contribution in [3.63, 3.8) is 0 Å². The minimum atomic E-state index is -0.979. The van der Waals surface area contributed by atoms with Crippen molar-refractivity contribution in [3.05, 3.63) is 45.1 Å². The number of hydrogen-bond donors (Lipinski definition) is 2. The lowest BCUT2D eigenvalue weighted by molar-refractivity contribution is 0.0697. The average Bonchev–Trinajstić information content (AvgIpc) is 2.99. The maximum Gasteiger partial charge on any atom is 0.335 e. The van der Waals surface area contributed by atoms with Crippen molar-refractivity contribution in [2.75, 3.05) is 5.32 Å². The van der Waals surface area contributed by atoms with Crippen molar-refractivity contribution in [2.24, 2.45) is 0 Å². The van der Waals surface area contributed by atoms with E-state index in [2.05, 4.69) is 30.2 Å². The van der Waals surface area contributed by atoms with Crippen LogP contribution in [0.1, 0.15) is 25.7 Å². The number of aryl methyl sites for hydroxylation is 2. The van der Waals surface area contributed by atoms with Crippen LogP contribution >= 0.6 is 11.3 Å². The molecule has 0 saturated carbocycles. The molecule has 2 N–H and O–H groups in total. The van der Waals surface area contributed by atoms with Crippen LogP contribution in [0.25, 0.3) is 11.1 Å². The number of nitrogens with one attached hydrogen (secondary N) is 1. The molecule has 1 aromatic carbocycles. The van der Waals surface area contributed by atoms with E-state index in [1.807, 2.05) is 0 Å². The summed E-state index contributed by atoms with van der Waals surface area (Å²) in [5, 5.41) is 12.1. The zero-order chi connectivity index (χ0) is 15.0. The topological polar surface area (TPSA) is 75.4 Å². The normalized spacial score (nSPS) is 11.0. The Morgan fingerprint density at radius 3 is 2.86 bits per heavy atom. The third-order valence-corrected chi connectivity index (χ3v) is 4.42. The number of aromatic nitrogens is 1. The summed E-state index contributed by atoms with van der Waals surface area (Å²) in [4.78, 5) is 17.7. The largest absolute Gasteiger partial charge is 0.478 e. The Kier molecular flexibility index (Phi) is 3.39. The molecule has 0 amide bonds. The zero-order valence-corrected chi connectivity index (χ0v) is 12.5. The molecule has 0 bridgehead atoms. The van der Waals surface area contributed by atoms with Crippen LogP contribution < -0.4 is 5.32 Å². The molecule has 0 fully saturated rings. The number of benzene rings is 1. The molecule has 0 aliphatic rings. The van der Waals surface area contributed by atoms with Crippen molar-refractivity contribution < 1.29 is 14.3 Å². The van der Waals surface area contributed by atoms with Crippen LogP contribution in [0, 0.1) is 13.8 Å². The first-order valence-corrected chi connectivity index (χ1v) is 7.28. The maximum absolute atomic E-state index is 10.9. The molecule has 3 rings (SSSR count). The highest BCUT2D eigenvalue weighted by atomic mass is 32.1. The summed E-state index contributed by atoms with van der Waals surface area (Å²) in [5.74, 6) is -0.979. The Morgan fingerprint density at radius 2 is 2.19 bits per heavy atom. The number of rotatable bonds is 4. The van der Waals surface area contributed by atoms with Crippen LogP contribution in [0.5, 0.6) is 0 Å². The molecule has 2 heterocycles. The molecule has 0 unspecified atom stereocenters. The molecule has 0 aliphatic heterocycles. The summed E-state index contributed by atoms with van der Waals surface area (Å²) < 4.78 is 5.54. The lowest BCUT2D eigenvalue weighted by Crippen LogP contribution is -1.96. The minimum Gasteiger partial charge on any atom is -0.478 e. The van der Waals surface area contributed by atoms with Gasteiger partial charge in [-0.15, -0.1) is 11.3 Å². The summed E-state index contributed by atoms with van der Waals surface area (Å²) in [6.07, 6.45) is 0. The first-order valence-electron chi connectivity index (χ1n) is 6.46. The zero-order valence-electron chi connectivity index (χ0n) is 11.6. The number of nitrogens with zero attached hydrogens (tertiary/aromatic N) is 1. The summed E-state index contributed by atoms with van der Waals surface area (Å²) in [5.41, 5.74) is 2.58. The summed E-state index contributed by atoms with van der Waals surface area (Å²) in [6, 6.07) is 7.18. The molecule has 6 heteroatoms. The lowest BCUT2D eigenvalue weighted by Gasteiger charge is -1.97. The summed E-state index contributed by atoms with van der Waals surface area (Å²) in [7, 11) is 0. The molecular formula is C15H14N2O3S. The quantitative estimate of drug-likeness (QED) is 0.766. The van der Waals surface area contributed by atoms with Crippen LogP contribution in [-0.2, 0) is 6.54 Å². The highest BCUT2D eigenvalue weighted by Crippen LogP contribution is 2.23. The van der Waals surface area contributed by atoms with Crippen molar-refractivity contribution in [1.82, 2.24) is 4.98 Å². The van der Waals surface area contributed by atoms with E-state index < -0.39 is 5.97 Å². The van der Waals surface area contributed by atoms with Crippen LogP contribution in [0.15, 0.2) is 28.7 Å². The maximum atomic E-state index is 10.9. The smallest absolute Gasteiger partial charge is 0.335 e.